The zero-order chi connectivity index (χ0) is 19.6. The number of halogens is 1. The number of aromatic nitrogens is 2. The molecule has 3 rings (SSSR count). The number of hydrogen-bond donors (Lipinski definition) is 2. The monoisotopic (exact) mass is 369 g/mol. The Labute approximate surface area is 153 Å². The zero-order valence-corrected chi connectivity index (χ0v) is 14.6. The van der Waals surface area contributed by atoms with Crippen molar-refractivity contribution in [1.29, 1.82) is 0 Å². The minimum absolute atomic E-state index is 0.126. The predicted octanol–water partition coefficient (Wildman–Crippen LogP) is 2.52. The third kappa shape index (κ3) is 3.64. The summed E-state index contributed by atoms with van der Waals surface area (Å²) in [4.78, 5) is 30.8. The maximum Gasteiger partial charge on any atom is 0.335 e. The van der Waals surface area contributed by atoms with Gasteiger partial charge in [-0.1, -0.05) is 6.07 Å². The van der Waals surface area contributed by atoms with Crippen LogP contribution in [0, 0.1) is 5.82 Å². The van der Waals surface area contributed by atoms with Crippen LogP contribution in [0.25, 0.3) is 5.69 Å². The number of nitrogens with zero attached hydrogens (tertiary/aromatic N) is 2. The van der Waals surface area contributed by atoms with Crippen LogP contribution < -0.4 is 16.0 Å². The number of aromatic amines is 1. The minimum atomic E-state index is -0.801. The molecule has 0 aliphatic rings. The van der Waals surface area contributed by atoms with E-state index in [0.29, 0.717) is 11.4 Å². The van der Waals surface area contributed by atoms with Gasteiger partial charge >= 0.3 is 5.69 Å². The summed E-state index contributed by atoms with van der Waals surface area (Å²) in [7, 11) is 1.50. The first-order valence-electron chi connectivity index (χ1n) is 7.94. The molecular formula is C19H16FN3O4. The topological polar surface area (TPSA) is 96.7 Å². The van der Waals surface area contributed by atoms with E-state index >= 15 is 0 Å². The van der Waals surface area contributed by atoms with Crippen molar-refractivity contribution in [2.45, 2.75) is 6.92 Å². The number of ether oxygens (including phenoxy) is 1. The van der Waals surface area contributed by atoms with Crippen molar-refractivity contribution in [3.63, 3.8) is 0 Å². The standard InChI is InChI=1S/C19H16FN3O4/c1-11(21-13-5-3-4-12(20)10-13)16-17(24)22-19(26)23(18(16)25)14-6-8-15(27-2)9-7-14/h3-10,25H,1-2H3,(H,22,24,26). The van der Waals surface area contributed by atoms with E-state index in [1.165, 1.54) is 32.2 Å². The number of nitrogens with one attached hydrogen (secondary N) is 1. The Kier molecular flexibility index (Phi) is 4.89. The van der Waals surface area contributed by atoms with Crippen molar-refractivity contribution in [3.8, 4) is 17.3 Å². The van der Waals surface area contributed by atoms with Gasteiger partial charge in [0.1, 0.15) is 17.1 Å². The summed E-state index contributed by atoms with van der Waals surface area (Å²) in [6.07, 6.45) is 0. The van der Waals surface area contributed by atoms with Crippen LogP contribution in [-0.2, 0) is 0 Å². The second-order valence-electron chi connectivity index (χ2n) is 5.67. The first-order chi connectivity index (χ1) is 12.9. The number of aromatic hydroxyl groups is 1. The maximum absolute atomic E-state index is 13.3. The van der Waals surface area contributed by atoms with Crippen LogP contribution in [0.15, 0.2) is 63.1 Å². The molecule has 8 heteroatoms. The summed E-state index contributed by atoms with van der Waals surface area (Å²) in [6.45, 7) is 1.48. The van der Waals surface area contributed by atoms with E-state index in [4.69, 9.17) is 4.74 Å². The molecule has 0 saturated heterocycles. The molecule has 2 aromatic carbocycles. The summed E-state index contributed by atoms with van der Waals surface area (Å²) in [5.74, 6) is -0.475. The molecule has 27 heavy (non-hydrogen) atoms. The summed E-state index contributed by atoms with van der Waals surface area (Å²) in [6, 6.07) is 11.8. The largest absolute Gasteiger partial charge is 0.497 e. The normalized spacial score (nSPS) is 11.4. The smallest absolute Gasteiger partial charge is 0.335 e. The summed E-state index contributed by atoms with van der Waals surface area (Å²) in [5.41, 5.74) is -1.05. The van der Waals surface area contributed by atoms with Gasteiger partial charge in [0.25, 0.3) is 5.56 Å². The van der Waals surface area contributed by atoms with Gasteiger partial charge in [0.2, 0.25) is 5.88 Å². The molecule has 0 aliphatic heterocycles. The van der Waals surface area contributed by atoms with E-state index in [2.05, 4.69) is 9.98 Å². The molecule has 1 heterocycles. The highest BCUT2D eigenvalue weighted by Gasteiger charge is 2.18. The molecule has 1 aromatic heterocycles. The molecule has 0 unspecified atom stereocenters. The molecule has 0 radical (unpaired) electrons. The molecule has 0 amide bonds. The Morgan fingerprint density at radius 3 is 2.52 bits per heavy atom. The lowest BCUT2D eigenvalue weighted by Gasteiger charge is -2.12. The second kappa shape index (κ2) is 7.28. The van der Waals surface area contributed by atoms with Crippen molar-refractivity contribution in [1.82, 2.24) is 9.55 Å². The lowest BCUT2D eigenvalue weighted by molar-refractivity contribution is 0.414. The Bertz CT molecular complexity index is 1130. The number of benzene rings is 2. The maximum atomic E-state index is 13.3. The fourth-order valence-electron chi connectivity index (χ4n) is 2.62. The van der Waals surface area contributed by atoms with E-state index in [9.17, 15) is 19.1 Å². The number of hydrogen-bond acceptors (Lipinski definition) is 5. The van der Waals surface area contributed by atoms with Crippen molar-refractivity contribution in [2.24, 2.45) is 4.99 Å². The molecular weight excluding hydrogens is 353 g/mol. The molecule has 0 atom stereocenters. The molecule has 138 valence electrons. The van der Waals surface area contributed by atoms with Gasteiger partial charge in [-0.25, -0.2) is 13.8 Å². The fourth-order valence-corrected chi connectivity index (χ4v) is 2.62. The first kappa shape index (κ1) is 18.1. The first-order valence-corrected chi connectivity index (χ1v) is 7.94. The van der Waals surface area contributed by atoms with Gasteiger partial charge in [0, 0.05) is 0 Å². The fraction of sp³-hybridized carbons (Fsp3) is 0.105. The van der Waals surface area contributed by atoms with Crippen molar-refractivity contribution in [3.05, 3.63) is 80.7 Å². The average molecular weight is 369 g/mol. The van der Waals surface area contributed by atoms with Gasteiger partial charge in [-0.15, -0.1) is 0 Å². The molecule has 0 fully saturated rings. The van der Waals surface area contributed by atoms with Gasteiger partial charge in [-0.2, -0.15) is 0 Å². The number of H-pyrrole nitrogens is 1. The van der Waals surface area contributed by atoms with Crippen LogP contribution in [0.1, 0.15) is 12.5 Å². The Morgan fingerprint density at radius 2 is 1.89 bits per heavy atom. The van der Waals surface area contributed by atoms with Gasteiger partial charge in [-0.05, 0) is 49.4 Å². The van der Waals surface area contributed by atoms with Gasteiger partial charge in [-0.3, -0.25) is 14.8 Å². The van der Waals surface area contributed by atoms with Gasteiger partial charge in [0.15, 0.2) is 0 Å². The molecule has 0 spiro atoms. The molecule has 0 saturated carbocycles. The highest BCUT2D eigenvalue weighted by molar-refractivity contribution is 6.01. The van der Waals surface area contributed by atoms with E-state index in [1.807, 2.05) is 0 Å². The Balaban J connectivity index is 2.16. The van der Waals surface area contributed by atoms with Crippen molar-refractivity contribution < 1.29 is 14.2 Å². The third-order valence-corrected chi connectivity index (χ3v) is 3.88. The molecule has 3 aromatic rings. The number of rotatable bonds is 4. The van der Waals surface area contributed by atoms with Crippen LogP contribution in [0.5, 0.6) is 11.6 Å². The Morgan fingerprint density at radius 1 is 1.19 bits per heavy atom. The minimum Gasteiger partial charge on any atom is -0.497 e. The second-order valence-corrected chi connectivity index (χ2v) is 5.67. The summed E-state index contributed by atoms with van der Waals surface area (Å²) in [5, 5.41) is 10.6. The Hall–Kier alpha value is -3.68. The van der Waals surface area contributed by atoms with Gasteiger partial charge in [0.05, 0.1) is 24.2 Å². The van der Waals surface area contributed by atoms with Gasteiger partial charge < -0.3 is 9.84 Å². The van der Waals surface area contributed by atoms with Crippen LogP contribution in [0.4, 0.5) is 10.1 Å². The van der Waals surface area contributed by atoms with E-state index in [1.54, 1.807) is 30.3 Å². The SMILES string of the molecule is COc1ccc(-n2c(O)c(C(C)=Nc3cccc(F)c3)c(=O)[nH]c2=O)cc1. The highest BCUT2D eigenvalue weighted by atomic mass is 19.1. The van der Waals surface area contributed by atoms with Crippen molar-refractivity contribution in [2.75, 3.05) is 7.11 Å². The number of aliphatic imine (C=N–C) groups is 1. The van der Waals surface area contributed by atoms with E-state index in [0.717, 1.165) is 4.57 Å². The molecule has 0 bridgehead atoms. The van der Waals surface area contributed by atoms with Crippen LogP contribution in [0.3, 0.4) is 0 Å². The predicted molar refractivity (Wildman–Crippen MR) is 99.1 cm³/mol. The third-order valence-electron chi connectivity index (χ3n) is 3.88. The highest BCUT2D eigenvalue weighted by Crippen LogP contribution is 2.21. The summed E-state index contributed by atoms with van der Waals surface area (Å²) >= 11 is 0. The van der Waals surface area contributed by atoms with Crippen LogP contribution >= 0.6 is 0 Å². The quantitative estimate of drug-likeness (QED) is 0.691. The van der Waals surface area contributed by atoms with Crippen LogP contribution in [0.2, 0.25) is 0 Å². The molecule has 2 N–H and O–H groups in total. The lowest BCUT2D eigenvalue weighted by atomic mass is 10.2. The molecule has 7 nitrogen and oxygen atoms in total. The average Bonchev–Trinajstić information content (AvgIpc) is 2.62. The zero-order valence-electron chi connectivity index (χ0n) is 14.6. The van der Waals surface area contributed by atoms with E-state index in [-0.39, 0.29) is 17.0 Å². The van der Waals surface area contributed by atoms with Crippen LogP contribution in [-0.4, -0.2) is 27.5 Å². The number of methoxy groups -OCH3 is 1. The lowest BCUT2D eigenvalue weighted by Crippen LogP contribution is -2.32. The molecule has 0 aliphatic carbocycles. The van der Waals surface area contributed by atoms with Crippen molar-refractivity contribution >= 4 is 11.4 Å². The summed E-state index contributed by atoms with van der Waals surface area (Å²) < 4.78 is 19.3. The van der Waals surface area contributed by atoms with E-state index < -0.39 is 22.9 Å².